The second-order valence-corrected chi connectivity index (χ2v) is 10.0. The second-order valence-electron chi connectivity index (χ2n) is 9.00. The smallest absolute Gasteiger partial charge is 0.337 e. The molecular weight excluding hydrogens is 532 g/mol. The highest BCUT2D eigenvalue weighted by Gasteiger charge is 2.31. The number of methoxy groups -OCH3 is 2. The van der Waals surface area contributed by atoms with Crippen LogP contribution in [0.5, 0.6) is 23.0 Å². The maximum atomic E-state index is 13.8. The molecule has 9 nitrogen and oxygen atoms in total. The van der Waals surface area contributed by atoms with Crippen LogP contribution < -0.4 is 33.8 Å². The lowest BCUT2D eigenvalue weighted by Crippen LogP contribution is -2.39. The summed E-state index contributed by atoms with van der Waals surface area (Å²) in [5.41, 5.74) is 1.39. The Morgan fingerprint density at radius 2 is 1.75 bits per heavy atom. The predicted molar refractivity (Wildman–Crippen MR) is 153 cm³/mol. The first-order valence-electron chi connectivity index (χ1n) is 13.2. The van der Waals surface area contributed by atoms with Crippen molar-refractivity contribution in [2.75, 3.05) is 27.4 Å². The van der Waals surface area contributed by atoms with Gasteiger partial charge in [-0.25, -0.2) is 9.79 Å². The fourth-order valence-corrected chi connectivity index (χ4v) is 5.28. The monoisotopic (exact) mass is 566 g/mol. The Hall–Kier alpha value is -4.05. The Kier molecular flexibility index (Phi) is 9.31. The Morgan fingerprint density at radius 1 is 1.02 bits per heavy atom. The van der Waals surface area contributed by atoms with E-state index in [2.05, 4.69) is 11.9 Å². The molecule has 3 aromatic rings. The first-order chi connectivity index (χ1) is 19.3. The first-order valence-corrected chi connectivity index (χ1v) is 14.0. The lowest BCUT2D eigenvalue weighted by atomic mass is 9.97. The maximum absolute atomic E-state index is 13.8. The fourth-order valence-electron chi connectivity index (χ4n) is 4.31. The van der Waals surface area contributed by atoms with Crippen molar-refractivity contribution in [1.82, 2.24) is 4.57 Å². The van der Waals surface area contributed by atoms with Gasteiger partial charge in [-0.15, -0.1) is 0 Å². The van der Waals surface area contributed by atoms with Crippen molar-refractivity contribution >= 4 is 23.4 Å². The van der Waals surface area contributed by atoms with Gasteiger partial charge in [0, 0.05) is 6.20 Å². The van der Waals surface area contributed by atoms with Gasteiger partial charge < -0.3 is 23.7 Å². The zero-order valence-corrected chi connectivity index (χ0v) is 24.4. The summed E-state index contributed by atoms with van der Waals surface area (Å²) in [7, 11) is 2.88. The van der Waals surface area contributed by atoms with Crippen LogP contribution in [0.1, 0.15) is 51.3 Å². The van der Waals surface area contributed by atoms with E-state index < -0.39 is 12.0 Å². The molecule has 0 fully saturated rings. The summed E-state index contributed by atoms with van der Waals surface area (Å²) in [6.07, 6.45) is 4.15. The molecule has 0 saturated heterocycles. The number of rotatable bonds is 11. The van der Waals surface area contributed by atoms with E-state index >= 15 is 0 Å². The van der Waals surface area contributed by atoms with E-state index in [9.17, 15) is 9.59 Å². The molecule has 0 spiro atoms. The molecule has 1 aliphatic rings. The van der Waals surface area contributed by atoms with Crippen molar-refractivity contribution in [3.05, 3.63) is 79.0 Å². The van der Waals surface area contributed by atoms with Crippen LogP contribution in [0.3, 0.4) is 0 Å². The predicted octanol–water partition coefficient (Wildman–Crippen LogP) is 4.00. The molecule has 0 bridgehead atoms. The summed E-state index contributed by atoms with van der Waals surface area (Å²) < 4.78 is 30.0. The zero-order valence-electron chi connectivity index (χ0n) is 23.6. The van der Waals surface area contributed by atoms with Gasteiger partial charge in [0.2, 0.25) is 0 Å². The van der Waals surface area contributed by atoms with Gasteiger partial charge in [-0.3, -0.25) is 9.36 Å². The molecule has 0 amide bonds. The van der Waals surface area contributed by atoms with Crippen LogP contribution in [0, 0.1) is 0 Å². The summed E-state index contributed by atoms with van der Waals surface area (Å²) in [5.74, 6) is 1.75. The third-order valence-corrected chi connectivity index (χ3v) is 7.39. The average Bonchev–Trinajstić information content (AvgIpc) is 3.28. The first kappa shape index (κ1) is 28.9. The van der Waals surface area contributed by atoms with Crippen molar-refractivity contribution in [3.63, 3.8) is 0 Å². The molecule has 0 radical (unpaired) electrons. The highest BCUT2D eigenvalue weighted by molar-refractivity contribution is 7.07. The number of ether oxygens (including phenoxy) is 5. The molecule has 2 heterocycles. The van der Waals surface area contributed by atoms with Gasteiger partial charge in [-0.2, -0.15) is 0 Å². The van der Waals surface area contributed by atoms with Crippen molar-refractivity contribution in [2.45, 2.75) is 46.3 Å². The molecule has 1 aromatic heterocycles. The lowest BCUT2D eigenvalue weighted by molar-refractivity contribution is -0.136. The second kappa shape index (κ2) is 12.9. The summed E-state index contributed by atoms with van der Waals surface area (Å²) in [6, 6.07) is 10.2. The van der Waals surface area contributed by atoms with Crippen LogP contribution in [-0.4, -0.2) is 44.1 Å². The molecule has 212 valence electrons. The summed E-state index contributed by atoms with van der Waals surface area (Å²) in [4.78, 5) is 31.5. The molecule has 0 unspecified atom stereocenters. The number of fused-ring (bicyclic) bond motifs is 1. The minimum Gasteiger partial charge on any atom is -0.493 e. The number of carbonyl (C=O) groups excluding carboxylic acids is 1. The van der Waals surface area contributed by atoms with Crippen LogP contribution in [0.25, 0.3) is 6.08 Å². The van der Waals surface area contributed by atoms with Crippen molar-refractivity contribution < 1.29 is 28.5 Å². The number of esters is 1. The van der Waals surface area contributed by atoms with E-state index in [1.54, 1.807) is 25.3 Å². The van der Waals surface area contributed by atoms with Crippen LogP contribution >= 0.6 is 11.3 Å². The maximum Gasteiger partial charge on any atom is 0.337 e. The van der Waals surface area contributed by atoms with Crippen LogP contribution in [0.2, 0.25) is 0 Å². The van der Waals surface area contributed by atoms with Crippen LogP contribution in [0.15, 0.2) is 58.0 Å². The van der Waals surface area contributed by atoms with Crippen molar-refractivity contribution in [3.8, 4) is 23.0 Å². The normalized spacial score (nSPS) is 15.4. The minimum atomic E-state index is -0.762. The molecule has 2 aromatic carbocycles. The third-order valence-electron chi connectivity index (χ3n) is 6.40. The lowest BCUT2D eigenvalue weighted by Gasteiger charge is -2.23. The van der Waals surface area contributed by atoms with E-state index in [0.29, 0.717) is 51.1 Å². The van der Waals surface area contributed by atoms with E-state index in [1.165, 1.54) is 29.2 Å². The number of aromatic nitrogens is 1. The molecule has 0 saturated carbocycles. The number of hydrogen-bond acceptors (Lipinski definition) is 9. The quantitative estimate of drug-likeness (QED) is 0.324. The summed E-state index contributed by atoms with van der Waals surface area (Å²) >= 11 is 1.24. The Labute approximate surface area is 236 Å². The minimum absolute atomic E-state index is 0.0401. The van der Waals surface area contributed by atoms with E-state index in [0.717, 1.165) is 12.0 Å². The van der Waals surface area contributed by atoms with E-state index in [-0.39, 0.29) is 17.2 Å². The van der Waals surface area contributed by atoms with E-state index in [4.69, 9.17) is 23.7 Å². The number of nitrogens with zero attached hydrogens (tertiary/aromatic N) is 2. The summed E-state index contributed by atoms with van der Waals surface area (Å²) in [6.45, 7) is 8.71. The topological polar surface area (TPSA) is 97.6 Å². The van der Waals surface area contributed by atoms with Gasteiger partial charge in [0.1, 0.15) is 0 Å². The van der Waals surface area contributed by atoms with Gasteiger partial charge in [-0.05, 0) is 68.7 Å². The molecule has 10 heteroatoms. The fraction of sp³-hybridized carbons (Fsp3) is 0.367. The molecule has 0 aliphatic carbocycles. The van der Waals surface area contributed by atoms with Crippen LogP contribution in [0.4, 0.5) is 0 Å². The van der Waals surface area contributed by atoms with Crippen LogP contribution in [-0.2, 0) is 9.53 Å². The molecular formula is C30H34N2O7S. The third kappa shape index (κ3) is 5.91. The zero-order chi connectivity index (χ0) is 28.8. The van der Waals surface area contributed by atoms with E-state index in [1.807, 2.05) is 45.0 Å². The molecule has 40 heavy (non-hydrogen) atoms. The number of thiazole rings is 1. The average molecular weight is 567 g/mol. The van der Waals surface area contributed by atoms with Gasteiger partial charge in [-0.1, -0.05) is 30.4 Å². The highest BCUT2D eigenvalue weighted by Crippen LogP contribution is 2.35. The Bertz CT molecular complexity index is 1590. The molecule has 0 N–H and O–H groups in total. The van der Waals surface area contributed by atoms with Gasteiger partial charge in [0.15, 0.2) is 27.8 Å². The molecule has 1 aliphatic heterocycles. The Morgan fingerprint density at radius 3 is 2.42 bits per heavy atom. The number of benzene rings is 2. The largest absolute Gasteiger partial charge is 0.493 e. The Balaban J connectivity index is 1.84. The highest BCUT2D eigenvalue weighted by atomic mass is 32.1. The van der Waals surface area contributed by atoms with Crippen molar-refractivity contribution in [2.24, 2.45) is 4.99 Å². The standard InChI is InChI=1S/C30H34N2O7S/c1-7-18(4)39-23-12-10-19(14-24(23)35-5)15-26-28(33)32-27(21(29(34)36-6)17-31-30(32)40-26)20-11-13-22(37-8-2)25(16-20)38-9-3/h10-18,27H,7-9H2,1-6H3/b26-15-/t18-,27-/m1/s1. The van der Waals surface area contributed by atoms with Gasteiger partial charge >= 0.3 is 5.97 Å². The van der Waals surface area contributed by atoms with Gasteiger partial charge in [0.05, 0.1) is 49.7 Å². The molecule has 4 rings (SSSR count). The number of carbonyl (C=O) groups is 1. The summed E-state index contributed by atoms with van der Waals surface area (Å²) in [5, 5.41) is 0. The number of hydrogen-bond donors (Lipinski definition) is 0. The SMILES string of the molecule is CCOc1ccc([C@@H]2C(C(=O)OC)=CN=c3s/c(=C\c4ccc(O[C@H](C)CC)c(OC)c4)c(=O)n32)cc1OCC. The van der Waals surface area contributed by atoms with Gasteiger partial charge in [0.25, 0.3) is 5.56 Å². The van der Waals surface area contributed by atoms with Crippen molar-refractivity contribution in [1.29, 1.82) is 0 Å². The molecule has 2 atom stereocenters.